The van der Waals surface area contributed by atoms with E-state index in [1.54, 1.807) is 35.5 Å². The van der Waals surface area contributed by atoms with Gasteiger partial charge in [0.05, 0.1) is 11.3 Å². The molecule has 0 bridgehead atoms. The van der Waals surface area contributed by atoms with Gasteiger partial charge in [-0.25, -0.2) is 0 Å². The molecule has 0 radical (unpaired) electrons. The molecule has 6 nitrogen and oxygen atoms in total. The second-order valence-electron chi connectivity index (χ2n) is 6.34. The Kier molecular flexibility index (Phi) is 5.09. The minimum absolute atomic E-state index is 0.0115. The zero-order valence-corrected chi connectivity index (χ0v) is 14.2. The molecule has 1 fully saturated rings. The van der Waals surface area contributed by atoms with E-state index in [9.17, 15) is 9.59 Å². The van der Waals surface area contributed by atoms with Crippen molar-refractivity contribution in [1.29, 1.82) is 0 Å². The number of hydrogen-bond acceptors (Lipinski definition) is 4. The number of carbonyl (C=O) groups is 2. The quantitative estimate of drug-likeness (QED) is 0.898. The third-order valence-electron chi connectivity index (χ3n) is 4.43. The molecule has 1 atom stereocenters. The fourth-order valence-electron chi connectivity index (χ4n) is 3.07. The summed E-state index contributed by atoms with van der Waals surface area (Å²) < 4.78 is 0. The molecule has 6 heteroatoms. The van der Waals surface area contributed by atoms with Crippen LogP contribution in [0.5, 0.6) is 0 Å². The van der Waals surface area contributed by atoms with Crippen molar-refractivity contribution in [2.45, 2.75) is 25.8 Å². The minimum atomic E-state index is -0.263. The lowest BCUT2D eigenvalue weighted by Gasteiger charge is -2.31. The van der Waals surface area contributed by atoms with Gasteiger partial charge >= 0.3 is 0 Å². The van der Waals surface area contributed by atoms with Gasteiger partial charge in [-0.05, 0) is 43.5 Å². The van der Waals surface area contributed by atoms with Gasteiger partial charge in [-0.1, -0.05) is 12.1 Å². The molecule has 3 rings (SSSR count). The van der Waals surface area contributed by atoms with Gasteiger partial charge in [0.2, 0.25) is 0 Å². The Morgan fingerprint density at radius 3 is 2.72 bits per heavy atom. The molecule has 0 spiro atoms. The fourth-order valence-corrected chi connectivity index (χ4v) is 3.07. The van der Waals surface area contributed by atoms with Crippen LogP contribution in [-0.4, -0.2) is 40.8 Å². The number of amides is 2. The van der Waals surface area contributed by atoms with Crippen molar-refractivity contribution in [1.82, 2.24) is 9.88 Å². The highest BCUT2D eigenvalue weighted by Gasteiger charge is 2.25. The number of para-hydroxylation sites is 1. The Balaban J connectivity index is 1.87. The molecule has 0 saturated carbocycles. The van der Waals surface area contributed by atoms with Crippen LogP contribution in [0.1, 0.15) is 39.1 Å². The molecule has 2 aromatic rings. The van der Waals surface area contributed by atoms with Crippen LogP contribution in [0.4, 0.5) is 5.69 Å². The first-order valence-electron chi connectivity index (χ1n) is 8.42. The van der Waals surface area contributed by atoms with Gasteiger partial charge in [-0.3, -0.25) is 14.6 Å². The van der Waals surface area contributed by atoms with Crippen LogP contribution in [0, 0.1) is 6.92 Å². The number of nitrogens with two attached hydrogens (primary N) is 1. The van der Waals surface area contributed by atoms with Crippen LogP contribution >= 0.6 is 0 Å². The minimum Gasteiger partial charge on any atom is -0.337 e. The van der Waals surface area contributed by atoms with E-state index in [4.69, 9.17) is 5.73 Å². The summed E-state index contributed by atoms with van der Waals surface area (Å²) in [6, 6.07) is 8.74. The molecular weight excluding hydrogens is 316 g/mol. The van der Waals surface area contributed by atoms with Crippen molar-refractivity contribution in [3.63, 3.8) is 0 Å². The van der Waals surface area contributed by atoms with Gasteiger partial charge in [-0.15, -0.1) is 0 Å². The predicted octanol–water partition coefficient (Wildman–Crippen LogP) is 2.21. The number of anilines is 1. The maximum atomic E-state index is 12.9. The summed E-state index contributed by atoms with van der Waals surface area (Å²) >= 11 is 0. The van der Waals surface area contributed by atoms with E-state index in [0.29, 0.717) is 29.9 Å². The van der Waals surface area contributed by atoms with Crippen LogP contribution < -0.4 is 11.1 Å². The Hall–Kier alpha value is -2.73. The average Bonchev–Trinajstić information content (AvgIpc) is 2.63. The number of nitrogens with one attached hydrogen (secondary N) is 1. The van der Waals surface area contributed by atoms with E-state index in [0.717, 1.165) is 18.4 Å². The number of hydrogen-bond donors (Lipinski definition) is 2. The summed E-state index contributed by atoms with van der Waals surface area (Å²) in [6.45, 7) is 3.11. The van der Waals surface area contributed by atoms with E-state index in [1.807, 2.05) is 19.1 Å². The average molecular weight is 338 g/mol. The maximum Gasteiger partial charge on any atom is 0.256 e. The first kappa shape index (κ1) is 17.1. The lowest BCUT2D eigenvalue weighted by atomic mass is 10.0. The van der Waals surface area contributed by atoms with Gasteiger partial charge in [0.25, 0.3) is 11.8 Å². The van der Waals surface area contributed by atoms with Gasteiger partial charge in [0.1, 0.15) is 0 Å². The summed E-state index contributed by atoms with van der Waals surface area (Å²) in [7, 11) is 0. The van der Waals surface area contributed by atoms with E-state index >= 15 is 0 Å². The fraction of sp³-hybridized carbons (Fsp3) is 0.316. The Morgan fingerprint density at radius 1 is 1.24 bits per heavy atom. The number of nitrogens with zero attached hydrogens (tertiary/aromatic N) is 2. The van der Waals surface area contributed by atoms with Crippen LogP contribution in [0.3, 0.4) is 0 Å². The van der Waals surface area contributed by atoms with Crippen LogP contribution in [0.25, 0.3) is 0 Å². The molecule has 1 aliphatic rings. The number of pyridine rings is 1. The molecule has 1 aliphatic heterocycles. The van der Waals surface area contributed by atoms with Crippen LogP contribution in [0.2, 0.25) is 0 Å². The topological polar surface area (TPSA) is 88.3 Å². The van der Waals surface area contributed by atoms with Gasteiger partial charge in [0, 0.05) is 37.1 Å². The maximum absolute atomic E-state index is 12.9. The zero-order valence-electron chi connectivity index (χ0n) is 14.2. The van der Waals surface area contributed by atoms with E-state index in [2.05, 4.69) is 10.3 Å². The Morgan fingerprint density at radius 2 is 2.00 bits per heavy atom. The third-order valence-corrected chi connectivity index (χ3v) is 4.43. The molecule has 0 aliphatic carbocycles. The number of piperidine rings is 1. The van der Waals surface area contributed by atoms with Crippen molar-refractivity contribution >= 4 is 17.5 Å². The van der Waals surface area contributed by atoms with E-state index in [1.165, 1.54) is 0 Å². The summed E-state index contributed by atoms with van der Waals surface area (Å²) in [5.74, 6) is -0.357. The van der Waals surface area contributed by atoms with Crippen molar-refractivity contribution < 1.29 is 9.59 Å². The third kappa shape index (κ3) is 3.85. The summed E-state index contributed by atoms with van der Waals surface area (Å²) in [6.07, 6.45) is 4.96. The smallest absolute Gasteiger partial charge is 0.256 e. The molecule has 2 heterocycles. The SMILES string of the molecule is Cc1cccc(C(=O)N2CCCC(N)C2)c1NC(=O)c1ccncc1. The lowest BCUT2D eigenvalue weighted by molar-refractivity contribution is 0.0710. The van der Waals surface area contributed by atoms with E-state index in [-0.39, 0.29) is 17.9 Å². The van der Waals surface area contributed by atoms with E-state index < -0.39 is 0 Å². The molecule has 1 aromatic heterocycles. The number of carbonyl (C=O) groups excluding carboxylic acids is 2. The van der Waals surface area contributed by atoms with Gasteiger partial charge < -0.3 is 16.0 Å². The Labute approximate surface area is 147 Å². The zero-order chi connectivity index (χ0) is 17.8. The number of aromatic nitrogens is 1. The first-order chi connectivity index (χ1) is 12.1. The van der Waals surface area contributed by atoms with Crippen LogP contribution in [0.15, 0.2) is 42.7 Å². The van der Waals surface area contributed by atoms with Gasteiger partial charge in [-0.2, -0.15) is 0 Å². The van der Waals surface area contributed by atoms with Crippen molar-refractivity contribution in [2.75, 3.05) is 18.4 Å². The Bertz CT molecular complexity index is 776. The molecule has 2 amide bonds. The van der Waals surface area contributed by atoms with Gasteiger partial charge in [0.15, 0.2) is 0 Å². The molecular formula is C19H22N4O2. The number of aryl methyl sites for hydroxylation is 1. The lowest BCUT2D eigenvalue weighted by Crippen LogP contribution is -2.45. The highest BCUT2D eigenvalue weighted by Crippen LogP contribution is 2.24. The summed E-state index contributed by atoms with van der Waals surface area (Å²) in [5.41, 5.74) is 8.38. The molecule has 1 unspecified atom stereocenters. The number of rotatable bonds is 3. The predicted molar refractivity (Wildman–Crippen MR) is 96.5 cm³/mol. The highest BCUT2D eigenvalue weighted by atomic mass is 16.2. The molecule has 1 aromatic carbocycles. The van der Waals surface area contributed by atoms with Crippen molar-refractivity contribution in [3.8, 4) is 0 Å². The largest absolute Gasteiger partial charge is 0.337 e. The second-order valence-corrected chi connectivity index (χ2v) is 6.34. The number of likely N-dealkylation sites (tertiary alicyclic amines) is 1. The first-order valence-corrected chi connectivity index (χ1v) is 8.42. The standard InChI is InChI=1S/C19H22N4O2/c1-13-4-2-6-16(19(25)23-11-3-5-15(20)12-23)17(13)22-18(24)14-7-9-21-10-8-14/h2,4,6-10,15H,3,5,11-12,20H2,1H3,(H,22,24). The van der Waals surface area contributed by atoms with Crippen molar-refractivity contribution in [2.24, 2.45) is 5.73 Å². The highest BCUT2D eigenvalue weighted by molar-refractivity contribution is 6.09. The molecule has 1 saturated heterocycles. The summed E-state index contributed by atoms with van der Waals surface area (Å²) in [5, 5.41) is 2.88. The monoisotopic (exact) mass is 338 g/mol. The van der Waals surface area contributed by atoms with Crippen molar-refractivity contribution in [3.05, 3.63) is 59.4 Å². The molecule has 130 valence electrons. The molecule has 25 heavy (non-hydrogen) atoms. The van der Waals surface area contributed by atoms with Crippen LogP contribution in [-0.2, 0) is 0 Å². The second kappa shape index (κ2) is 7.44. The summed E-state index contributed by atoms with van der Waals surface area (Å²) in [4.78, 5) is 31.1. The number of benzene rings is 1. The molecule has 3 N–H and O–H groups in total. The normalized spacial score (nSPS) is 17.2.